The first-order chi connectivity index (χ1) is 11.1. The van der Waals surface area contributed by atoms with Gasteiger partial charge in [0, 0.05) is 11.6 Å². The van der Waals surface area contributed by atoms with Crippen LogP contribution in [0.25, 0.3) is 0 Å². The van der Waals surface area contributed by atoms with Crippen molar-refractivity contribution in [3.63, 3.8) is 0 Å². The molecule has 0 unspecified atom stereocenters. The summed E-state index contributed by atoms with van der Waals surface area (Å²) in [6.07, 6.45) is 0. The number of hydrogen-bond donors (Lipinski definition) is 12. The van der Waals surface area contributed by atoms with Crippen molar-refractivity contribution in [3.05, 3.63) is 35.7 Å². The van der Waals surface area contributed by atoms with E-state index in [9.17, 15) is 13.2 Å². The van der Waals surface area contributed by atoms with E-state index in [0.717, 1.165) is 12.1 Å². The van der Waals surface area contributed by atoms with E-state index in [1.54, 1.807) is 0 Å². The summed E-state index contributed by atoms with van der Waals surface area (Å²) in [6, 6.07) is 3.55. The minimum atomic E-state index is -2.17. The molecule has 0 saturated heterocycles. The van der Waals surface area contributed by atoms with Crippen molar-refractivity contribution >= 4 is 29.3 Å². The molecule has 0 amide bonds. The van der Waals surface area contributed by atoms with Crippen LogP contribution in [0.15, 0.2) is 12.1 Å². The maximum Gasteiger partial charge on any atom is 1.00 e. The van der Waals surface area contributed by atoms with E-state index in [2.05, 4.69) is 6.07 Å². The van der Waals surface area contributed by atoms with Gasteiger partial charge in [0.25, 0.3) is 0 Å². The largest absolute Gasteiger partial charge is 1.00 e. The van der Waals surface area contributed by atoms with Crippen LogP contribution < -0.4 is 29.6 Å². The zero-order valence-corrected chi connectivity index (χ0v) is 15.0. The van der Waals surface area contributed by atoms with Crippen LogP contribution in [0.2, 0.25) is 0 Å². The number of benzene rings is 1. The van der Waals surface area contributed by atoms with Crippen molar-refractivity contribution < 1.29 is 103 Å². The number of halogens is 3. The third-order valence-electron chi connectivity index (χ3n) is 0.839. The van der Waals surface area contributed by atoms with E-state index in [0.29, 0.717) is 0 Å². The van der Waals surface area contributed by atoms with Crippen molar-refractivity contribution in [2.24, 2.45) is 0 Å². The molecule has 0 heterocycles. The second-order valence-corrected chi connectivity index (χ2v) is 2.85. The SMILES string of the molecule is Fc1c[c-]cc(F)c1F.OB(O)O.OB(O)O.OB(O)O.OB(O)O.[Na+]. The quantitative estimate of drug-likeness (QED) is 0.110. The molecule has 0 fully saturated rings. The Labute approximate surface area is 168 Å². The van der Waals surface area contributed by atoms with Crippen molar-refractivity contribution in [3.8, 4) is 0 Å². The van der Waals surface area contributed by atoms with E-state index in [1.807, 2.05) is 0 Å². The molecule has 1 aromatic carbocycles. The van der Waals surface area contributed by atoms with E-state index in [-0.39, 0.29) is 29.6 Å². The molecule has 0 bridgehead atoms. The smallest absolute Gasteiger partial charge is 0.402 e. The van der Waals surface area contributed by atoms with Crippen LogP contribution in [-0.4, -0.2) is 89.6 Å². The molecule has 0 aromatic heterocycles. The molecule has 0 spiro atoms. The molecular weight excluding hydrogens is 387 g/mol. The minimum absolute atomic E-state index is 0. The topological polar surface area (TPSA) is 243 Å². The van der Waals surface area contributed by atoms with Crippen LogP contribution in [0.3, 0.4) is 0 Å². The summed E-state index contributed by atoms with van der Waals surface area (Å²) in [6.45, 7) is 0. The van der Waals surface area contributed by atoms with Gasteiger partial charge in [0.15, 0.2) is 0 Å². The zero-order chi connectivity index (χ0) is 21.2. The van der Waals surface area contributed by atoms with Gasteiger partial charge in [0.2, 0.25) is 0 Å². The van der Waals surface area contributed by atoms with E-state index in [4.69, 9.17) is 60.3 Å². The summed E-state index contributed by atoms with van der Waals surface area (Å²) in [5.74, 6) is -3.88. The third kappa shape index (κ3) is 65.0. The third-order valence-corrected chi connectivity index (χ3v) is 0.839. The van der Waals surface area contributed by atoms with Crippen molar-refractivity contribution in [2.75, 3.05) is 0 Å². The van der Waals surface area contributed by atoms with Crippen molar-refractivity contribution in [2.45, 2.75) is 0 Å². The summed E-state index contributed by atoms with van der Waals surface area (Å²) in [7, 11) is -8.67. The minimum Gasteiger partial charge on any atom is -0.402 e. The molecule has 1 aromatic rings. The first-order valence-corrected chi connectivity index (χ1v) is 5.32. The van der Waals surface area contributed by atoms with Gasteiger partial charge in [-0.25, -0.2) is 4.39 Å². The normalized spacial score (nSPS) is 7.50. The fourth-order valence-corrected chi connectivity index (χ4v) is 0.429. The van der Waals surface area contributed by atoms with Crippen LogP contribution in [0.4, 0.5) is 13.2 Å². The summed E-state index contributed by atoms with van der Waals surface area (Å²) >= 11 is 0. The Hall–Kier alpha value is -0.210. The monoisotopic (exact) mass is 402 g/mol. The maximum atomic E-state index is 12.0. The van der Waals surface area contributed by atoms with Gasteiger partial charge >= 0.3 is 58.8 Å². The fourth-order valence-electron chi connectivity index (χ4n) is 0.429. The standard InChI is InChI=1S/C6H2F3.4BH3O3.Na/c7-4-2-1-3-5(8)6(4)9;4*2-1(3)4;/h2-3H;4*2-4H;/q-1;;;;;+1. The predicted octanol–water partition coefficient (Wildman–Crippen LogP) is -9.30. The fraction of sp³-hybridized carbons (Fsp3) is 0. The molecule has 12 N–H and O–H groups in total. The summed E-state index contributed by atoms with van der Waals surface area (Å²) < 4.78 is 35.8. The van der Waals surface area contributed by atoms with Crippen LogP contribution in [0.1, 0.15) is 0 Å². The van der Waals surface area contributed by atoms with E-state index >= 15 is 0 Å². The molecule has 12 nitrogen and oxygen atoms in total. The Kier molecular flexibility index (Phi) is 35.0. The molecule has 0 saturated carbocycles. The predicted molar refractivity (Wildman–Crippen MR) is 74.8 cm³/mol. The van der Waals surface area contributed by atoms with E-state index in [1.165, 1.54) is 0 Å². The Morgan fingerprint density at radius 2 is 0.692 bits per heavy atom. The summed E-state index contributed by atoms with van der Waals surface area (Å²) in [5.41, 5.74) is 0. The molecular formula is C6H14B4F3NaO12. The first-order valence-electron chi connectivity index (χ1n) is 5.32. The molecule has 144 valence electrons. The van der Waals surface area contributed by atoms with Crippen LogP contribution in [-0.2, 0) is 0 Å². The van der Waals surface area contributed by atoms with Crippen LogP contribution >= 0.6 is 0 Å². The van der Waals surface area contributed by atoms with Gasteiger partial charge in [-0.15, -0.1) is 12.1 Å². The Morgan fingerprint density at radius 3 is 0.808 bits per heavy atom. The molecule has 20 heteroatoms. The number of hydrogen-bond acceptors (Lipinski definition) is 12. The molecule has 0 aliphatic heterocycles. The summed E-state index contributed by atoms with van der Waals surface area (Å²) in [5, 5.41) is 86.0. The number of rotatable bonds is 0. The van der Waals surface area contributed by atoms with Gasteiger partial charge in [-0.3, -0.25) is 8.78 Å². The Balaban J connectivity index is -0.0000000752. The van der Waals surface area contributed by atoms with Crippen molar-refractivity contribution in [1.29, 1.82) is 0 Å². The molecule has 0 aliphatic rings. The van der Waals surface area contributed by atoms with Gasteiger partial charge in [-0.1, -0.05) is 0 Å². The zero-order valence-electron chi connectivity index (χ0n) is 13.0. The summed E-state index contributed by atoms with van der Waals surface area (Å²) in [4.78, 5) is 0. The maximum absolute atomic E-state index is 12.0. The Morgan fingerprint density at radius 1 is 0.538 bits per heavy atom. The second-order valence-electron chi connectivity index (χ2n) is 2.85. The van der Waals surface area contributed by atoms with Gasteiger partial charge in [0.05, 0.1) is 5.82 Å². The van der Waals surface area contributed by atoms with Crippen LogP contribution in [0, 0.1) is 23.5 Å². The van der Waals surface area contributed by atoms with Crippen LogP contribution in [0.5, 0.6) is 0 Å². The second kappa shape index (κ2) is 24.8. The van der Waals surface area contributed by atoms with Gasteiger partial charge in [0.1, 0.15) is 0 Å². The molecule has 0 aliphatic carbocycles. The van der Waals surface area contributed by atoms with E-state index < -0.39 is 46.7 Å². The molecule has 0 atom stereocenters. The molecule has 26 heavy (non-hydrogen) atoms. The first kappa shape index (κ1) is 36.7. The van der Waals surface area contributed by atoms with Gasteiger partial charge < -0.3 is 60.3 Å². The Bertz CT molecular complexity index is 352. The molecule has 0 radical (unpaired) electrons. The van der Waals surface area contributed by atoms with Gasteiger partial charge in [-0.05, 0) is 0 Å². The average molecular weight is 401 g/mol. The average Bonchev–Trinajstić information content (AvgIpc) is 2.33. The molecule has 1 rings (SSSR count). The van der Waals surface area contributed by atoms with Crippen molar-refractivity contribution in [1.82, 2.24) is 0 Å². The van der Waals surface area contributed by atoms with Gasteiger partial charge in [-0.2, -0.15) is 6.07 Å².